The molecule has 0 N–H and O–H groups in total. The van der Waals surface area contributed by atoms with Crippen LogP contribution in [0.15, 0.2) is 0 Å². The van der Waals surface area contributed by atoms with Crippen molar-refractivity contribution in [2.24, 2.45) is 11.3 Å². The number of Topliss-reactive ketones (excluding diaryl/α,β-unsaturated/α-hetero) is 1. The lowest BCUT2D eigenvalue weighted by Crippen LogP contribution is -2.45. The van der Waals surface area contributed by atoms with Crippen molar-refractivity contribution in [2.45, 2.75) is 71.8 Å². The minimum Gasteiger partial charge on any atom is -0.370 e. The van der Waals surface area contributed by atoms with E-state index in [9.17, 15) is 4.79 Å². The molecule has 0 unspecified atom stereocenters. The molecule has 0 atom stereocenters. The molecule has 0 aromatic heterocycles. The highest BCUT2D eigenvalue weighted by Gasteiger charge is 2.43. The van der Waals surface area contributed by atoms with Crippen LogP contribution in [0.25, 0.3) is 0 Å². The van der Waals surface area contributed by atoms with Crippen LogP contribution in [0.1, 0.15) is 66.2 Å². The van der Waals surface area contributed by atoms with Crippen molar-refractivity contribution in [1.82, 2.24) is 0 Å². The predicted octanol–water partition coefficient (Wildman–Crippen LogP) is 3.98. The van der Waals surface area contributed by atoms with Crippen LogP contribution in [0.5, 0.6) is 0 Å². The van der Waals surface area contributed by atoms with Gasteiger partial charge in [-0.3, -0.25) is 4.79 Å². The summed E-state index contributed by atoms with van der Waals surface area (Å²) in [5.41, 5.74) is -0.106. The summed E-state index contributed by atoms with van der Waals surface area (Å²) in [4.78, 5) is 12.2. The molecule has 0 aliphatic heterocycles. The minimum absolute atomic E-state index is 0.315. The van der Waals surface area contributed by atoms with Gasteiger partial charge >= 0.3 is 0 Å². The molecule has 1 saturated carbocycles. The van der Waals surface area contributed by atoms with E-state index in [1.807, 2.05) is 0 Å². The lowest BCUT2D eigenvalue weighted by atomic mass is 9.67. The van der Waals surface area contributed by atoms with Crippen LogP contribution in [0, 0.1) is 11.3 Å². The van der Waals surface area contributed by atoms with Gasteiger partial charge in [-0.25, -0.2) is 0 Å². The summed E-state index contributed by atoms with van der Waals surface area (Å²) in [7, 11) is 1.70. The van der Waals surface area contributed by atoms with Gasteiger partial charge in [-0.15, -0.1) is 0 Å². The van der Waals surface area contributed by atoms with E-state index in [1.54, 1.807) is 7.11 Å². The maximum Gasteiger partial charge on any atom is 0.164 e. The Kier molecular flexibility index (Phi) is 4.77. The Labute approximate surface area is 106 Å². The van der Waals surface area contributed by atoms with Crippen LogP contribution in [-0.2, 0) is 9.53 Å². The van der Waals surface area contributed by atoms with Crippen LogP contribution in [-0.4, -0.2) is 18.5 Å². The average molecular weight is 240 g/mol. The Balaban J connectivity index is 2.66. The van der Waals surface area contributed by atoms with Crippen LogP contribution >= 0.6 is 0 Å². The summed E-state index contributed by atoms with van der Waals surface area (Å²) in [5.74, 6) is 1.04. The van der Waals surface area contributed by atoms with Crippen molar-refractivity contribution in [3.63, 3.8) is 0 Å². The van der Waals surface area contributed by atoms with Gasteiger partial charge in [-0.2, -0.15) is 0 Å². The fraction of sp³-hybridized carbons (Fsp3) is 0.933. The third-order valence-corrected chi connectivity index (χ3v) is 4.39. The molecule has 1 rings (SSSR count). The molecule has 0 bridgehead atoms. The van der Waals surface area contributed by atoms with Gasteiger partial charge in [-0.05, 0) is 43.4 Å². The molecule has 0 saturated heterocycles. The lowest BCUT2D eigenvalue weighted by molar-refractivity contribution is -0.147. The second-order valence-electron chi connectivity index (χ2n) is 6.51. The molecule has 2 heteroatoms. The fourth-order valence-corrected chi connectivity index (χ4v) is 3.00. The molecule has 0 spiro atoms. The first-order chi connectivity index (χ1) is 7.85. The van der Waals surface area contributed by atoms with E-state index in [0.29, 0.717) is 17.6 Å². The summed E-state index contributed by atoms with van der Waals surface area (Å²) in [6.07, 6.45) is 5.63. The van der Waals surface area contributed by atoms with Crippen LogP contribution in [0.2, 0.25) is 0 Å². The second kappa shape index (κ2) is 5.51. The number of methoxy groups -OCH3 is 1. The highest BCUT2D eigenvalue weighted by Crippen LogP contribution is 2.43. The number of ketones is 1. The van der Waals surface area contributed by atoms with Crippen molar-refractivity contribution in [3.05, 3.63) is 0 Å². The first-order valence-electron chi connectivity index (χ1n) is 6.94. The standard InChI is InChI=1S/C15H28O2/c1-6-7-13(16)15(17-5)10-8-12(9-11-15)14(2,3)4/h12H,6-11H2,1-5H3. The molecular formula is C15H28O2. The molecule has 0 aromatic rings. The van der Waals surface area contributed by atoms with Gasteiger partial charge in [-0.1, -0.05) is 27.7 Å². The third kappa shape index (κ3) is 3.31. The van der Waals surface area contributed by atoms with Crippen molar-refractivity contribution in [2.75, 3.05) is 7.11 Å². The van der Waals surface area contributed by atoms with Crippen molar-refractivity contribution in [3.8, 4) is 0 Å². The van der Waals surface area contributed by atoms with Gasteiger partial charge in [0, 0.05) is 13.5 Å². The van der Waals surface area contributed by atoms with Crippen LogP contribution in [0.3, 0.4) is 0 Å². The highest BCUT2D eigenvalue weighted by atomic mass is 16.5. The number of rotatable bonds is 4. The Morgan fingerprint density at radius 2 is 1.82 bits per heavy atom. The number of carbonyl (C=O) groups is 1. The molecule has 100 valence electrons. The third-order valence-electron chi connectivity index (χ3n) is 4.39. The topological polar surface area (TPSA) is 26.3 Å². The van der Waals surface area contributed by atoms with Crippen molar-refractivity contribution < 1.29 is 9.53 Å². The molecule has 0 amide bonds. The van der Waals surface area contributed by atoms with E-state index in [2.05, 4.69) is 27.7 Å². The molecule has 17 heavy (non-hydrogen) atoms. The molecule has 0 aromatic carbocycles. The normalized spacial score (nSPS) is 30.3. The van der Waals surface area contributed by atoms with Gasteiger partial charge in [0.1, 0.15) is 5.60 Å². The molecule has 2 nitrogen and oxygen atoms in total. The van der Waals surface area contributed by atoms with E-state index in [-0.39, 0.29) is 0 Å². The first-order valence-corrected chi connectivity index (χ1v) is 6.94. The monoisotopic (exact) mass is 240 g/mol. The smallest absolute Gasteiger partial charge is 0.164 e. The Hall–Kier alpha value is -0.370. The summed E-state index contributed by atoms with van der Waals surface area (Å²) < 4.78 is 5.60. The lowest BCUT2D eigenvalue weighted by Gasteiger charge is -2.42. The second-order valence-corrected chi connectivity index (χ2v) is 6.51. The zero-order chi connectivity index (χ0) is 13.1. The number of hydrogen-bond donors (Lipinski definition) is 0. The molecule has 1 aliphatic carbocycles. The zero-order valence-electron chi connectivity index (χ0n) is 12.1. The Bertz CT molecular complexity index is 255. The summed E-state index contributed by atoms with van der Waals surface area (Å²) in [6, 6.07) is 0. The minimum atomic E-state index is -0.461. The highest BCUT2D eigenvalue weighted by molar-refractivity contribution is 5.87. The predicted molar refractivity (Wildman–Crippen MR) is 71.1 cm³/mol. The molecule has 0 radical (unpaired) electrons. The van der Waals surface area contributed by atoms with Crippen molar-refractivity contribution in [1.29, 1.82) is 0 Å². The van der Waals surface area contributed by atoms with Gasteiger partial charge in [0.15, 0.2) is 5.78 Å². The molecular weight excluding hydrogens is 212 g/mol. The Morgan fingerprint density at radius 1 is 1.29 bits per heavy atom. The van der Waals surface area contributed by atoms with Gasteiger partial charge in [0.2, 0.25) is 0 Å². The molecule has 1 aliphatic rings. The van der Waals surface area contributed by atoms with E-state index in [4.69, 9.17) is 4.74 Å². The van der Waals surface area contributed by atoms with E-state index in [1.165, 1.54) is 0 Å². The summed E-state index contributed by atoms with van der Waals surface area (Å²) in [6.45, 7) is 8.95. The maximum atomic E-state index is 12.2. The number of hydrogen-bond acceptors (Lipinski definition) is 2. The number of ether oxygens (including phenoxy) is 1. The van der Waals surface area contributed by atoms with Crippen LogP contribution < -0.4 is 0 Å². The van der Waals surface area contributed by atoms with Gasteiger partial charge in [0.05, 0.1) is 0 Å². The van der Waals surface area contributed by atoms with E-state index in [0.717, 1.165) is 38.0 Å². The zero-order valence-corrected chi connectivity index (χ0v) is 12.1. The number of carbonyl (C=O) groups excluding carboxylic acids is 1. The van der Waals surface area contributed by atoms with Gasteiger partial charge < -0.3 is 4.74 Å². The average Bonchev–Trinajstić information content (AvgIpc) is 2.28. The fourth-order valence-electron chi connectivity index (χ4n) is 3.00. The van der Waals surface area contributed by atoms with E-state index >= 15 is 0 Å². The molecule has 1 fully saturated rings. The van der Waals surface area contributed by atoms with Crippen LogP contribution in [0.4, 0.5) is 0 Å². The quantitative estimate of drug-likeness (QED) is 0.743. The Morgan fingerprint density at radius 3 is 2.18 bits per heavy atom. The largest absolute Gasteiger partial charge is 0.370 e. The van der Waals surface area contributed by atoms with E-state index < -0.39 is 5.60 Å². The summed E-state index contributed by atoms with van der Waals surface area (Å²) in [5, 5.41) is 0. The maximum absolute atomic E-state index is 12.2. The SMILES string of the molecule is CCCC(=O)C1(OC)CCC(C(C)(C)C)CC1. The summed E-state index contributed by atoms with van der Waals surface area (Å²) >= 11 is 0. The van der Waals surface area contributed by atoms with Crippen molar-refractivity contribution >= 4 is 5.78 Å². The van der Waals surface area contributed by atoms with Gasteiger partial charge in [0.25, 0.3) is 0 Å². The first kappa shape index (κ1) is 14.7. The molecule has 0 heterocycles.